The molecule has 0 unspecified atom stereocenters. The summed E-state index contributed by atoms with van der Waals surface area (Å²) in [6.07, 6.45) is 4.42. The van der Waals surface area contributed by atoms with Gasteiger partial charge in [0.05, 0.1) is 12.2 Å². The van der Waals surface area contributed by atoms with Crippen LogP contribution in [0.25, 0.3) is 0 Å². The van der Waals surface area contributed by atoms with Gasteiger partial charge in [0.1, 0.15) is 13.2 Å². The Morgan fingerprint density at radius 1 is 1.15 bits per heavy atom. The van der Waals surface area contributed by atoms with Crippen LogP contribution < -0.4 is 0 Å². The molecule has 2 N–H and O–H groups in total. The second-order valence-corrected chi connectivity index (χ2v) is 8.52. The summed E-state index contributed by atoms with van der Waals surface area (Å²) in [4.78, 5) is 24.1. The molecule has 4 aliphatic rings. The van der Waals surface area contributed by atoms with Crippen LogP contribution in [0.4, 0.5) is 0 Å². The monoisotopic (exact) mass is 362 g/mol. The fourth-order valence-corrected chi connectivity index (χ4v) is 5.86. The molecular weight excluding hydrogens is 336 g/mol. The van der Waals surface area contributed by atoms with Gasteiger partial charge in [-0.1, -0.05) is 19.9 Å². The first-order valence-electron chi connectivity index (χ1n) is 9.39. The minimum absolute atomic E-state index is 0.0687. The van der Waals surface area contributed by atoms with Gasteiger partial charge in [-0.05, 0) is 43.1 Å². The van der Waals surface area contributed by atoms with E-state index in [1.165, 1.54) is 0 Å². The number of esters is 2. The lowest BCUT2D eigenvalue weighted by molar-refractivity contribution is -0.162. The molecule has 4 rings (SSSR count). The van der Waals surface area contributed by atoms with Crippen LogP contribution in [0.1, 0.15) is 39.5 Å². The summed E-state index contributed by atoms with van der Waals surface area (Å²) in [5, 5.41) is 21.7. The first-order chi connectivity index (χ1) is 12.3. The summed E-state index contributed by atoms with van der Waals surface area (Å²) in [5.74, 6) is -0.872. The molecule has 0 aromatic rings. The topological polar surface area (TPSA) is 93.1 Å². The maximum absolute atomic E-state index is 12.3. The van der Waals surface area contributed by atoms with E-state index in [2.05, 4.69) is 6.92 Å². The summed E-state index contributed by atoms with van der Waals surface area (Å²) in [6, 6.07) is 0. The SMILES string of the molecule is C[C@@H]1[C@H](O)C[C@@]23COC(=O)C2=CC[C@H](O)[C@@H]3[C@@]1(C)CCC1=CCOC1=O. The van der Waals surface area contributed by atoms with Crippen LogP contribution in [0.5, 0.6) is 0 Å². The number of hydrogen-bond acceptors (Lipinski definition) is 6. The molecule has 0 radical (unpaired) electrons. The first kappa shape index (κ1) is 17.7. The van der Waals surface area contributed by atoms with Crippen LogP contribution >= 0.6 is 0 Å². The number of rotatable bonds is 3. The third kappa shape index (κ3) is 2.31. The molecule has 0 aromatic carbocycles. The van der Waals surface area contributed by atoms with Gasteiger partial charge in [-0.2, -0.15) is 0 Å². The number of carbonyl (C=O) groups excluding carboxylic acids is 2. The zero-order valence-electron chi connectivity index (χ0n) is 15.2. The van der Waals surface area contributed by atoms with Crippen LogP contribution in [-0.2, 0) is 19.1 Å². The van der Waals surface area contributed by atoms with Crippen molar-refractivity contribution in [3.63, 3.8) is 0 Å². The maximum atomic E-state index is 12.3. The number of hydrogen-bond donors (Lipinski definition) is 2. The minimum atomic E-state index is -0.639. The van der Waals surface area contributed by atoms with Crippen molar-refractivity contribution in [1.82, 2.24) is 0 Å². The molecule has 1 saturated heterocycles. The first-order valence-corrected chi connectivity index (χ1v) is 9.39. The average Bonchev–Trinajstić information content (AvgIpc) is 3.14. The molecule has 1 saturated carbocycles. The Balaban J connectivity index is 1.71. The summed E-state index contributed by atoms with van der Waals surface area (Å²) in [5.41, 5.74) is 0.200. The molecule has 1 spiro atoms. The van der Waals surface area contributed by atoms with Gasteiger partial charge in [-0.3, -0.25) is 0 Å². The lowest BCUT2D eigenvalue weighted by Crippen LogP contribution is -2.60. The van der Waals surface area contributed by atoms with Crippen molar-refractivity contribution in [3.8, 4) is 0 Å². The number of ether oxygens (including phenoxy) is 2. The fourth-order valence-electron chi connectivity index (χ4n) is 5.86. The highest BCUT2D eigenvalue weighted by molar-refractivity contribution is 5.93. The molecule has 6 nitrogen and oxygen atoms in total. The molecule has 6 heteroatoms. The van der Waals surface area contributed by atoms with E-state index in [-0.39, 0.29) is 30.4 Å². The standard InChI is InChI=1S/C20H26O6/c1-11-15(22)9-20-10-26-18(24)13(20)3-4-14(21)16(20)19(11,2)7-5-12-6-8-25-17(12)23/h3,6,11,14-16,21-22H,4-5,7-10H2,1-2H3/t11-,14+,15-,16-,19+,20-/m1/s1. The van der Waals surface area contributed by atoms with Crippen molar-refractivity contribution >= 4 is 11.9 Å². The van der Waals surface area contributed by atoms with Crippen LogP contribution in [-0.4, -0.2) is 47.6 Å². The summed E-state index contributed by atoms with van der Waals surface area (Å²) in [6.45, 7) is 4.60. The average molecular weight is 362 g/mol. The van der Waals surface area contributed by atoms with Crippen LogP contribution in [0.15, 0.2) is 23.3 Å². The minimum Gasteiger partial charge on any atom is -0.461 e. The van der Waals surface area contributed by atoms with Crippen molar-refractivity contribution in [2.75, 3.05) is 13.2 Å². The van der Waals surface area contributed by atoms with Gasteiger partial charge in [-0.25, -0.2) is 9.59 Å². The largest absolute Gasteiger partial charge is 0.461 e. The molecule has 0 amide bonds. The highest BCUT2D eigenvalue weighted by Crippen LogP contribution is 2.64. The Labute approximate surface area is 152 Å². The molecule has 2 aliphatic carbocycles. The number of cyclic esters (lactones) is 2. The van der Waals surface area contributed by atoms with E-state index in [1.54, 1.807) is 12.2 Å². The van der Waals surface area contributed by atoms with Gasteiger partial charge in [0.2, 0.25) is 0 Å². The van der Waals surface area contributed by atoms with Gasteiger partial charge in [0, 0.05) is 22.5 Å². The molecule has 0 aromatic heterocycles. The molecule has 6 atom stereocenters. The number of carbonyl (C=O) groups is 2. The van der Waals surface area contributed by atoms with E-state index in [4.69, 9.17) is 9.47 Å². The second kappa shape index (κ2) is 5.92. The smallest absolute Gasteiger partial charge is 0.334 e. The second-order valence-electron chi connectivity index (χ2n) is 8.52. The van der Waals surface area contributed by atoms with Crippen molar-refractivity contribution in [2.24, 2.45) is 22.7 Å². The van der Waals surface area contributed by atoms with Crippen molar-refractivity contribution in [1.29, 1.82) is 0 Å². The maximum Gasteiger partial charge on any atom is 0.334 e. The zero-order chi connectivity index (χ0) is 18.7. The van der Waals surface area contributed by atoms with Crippen molar-refractivity contribution in [2.45, 2.75) is 51.7 Å². The van der Waals surface area contributed by atoms with Gasteiger partial charge >= 0.3 is 11.9 Å². The molecule has 0 bridgehead atoms. The summed E-state index contributed by atoms with van der Waals surface area (Å²) in [7, 11) is 0. The Morgan fingerprint density at radius 2 is 1.92 bits per heavy atom. The van der Waals surface area contributed by atoms with Crippen molar-refractivity contribution in [3.05, 3.63) is 23.3 Å². The summed E-state index contributed by atoms with van der Waals surface area (Å²) < 4.78 is 10.4. The Kier molecular flexibility index (Phi) is 4.04. The predicted molar refractivity (Wildman–Crippen MR) is 91.8 cm³/mol. The highest BCUT2D eigenvalue weighted by Gasteiger charge is 2.65. The molecule has 2 fully saturated rings. The van der Waals surface area contributed by atoms with Gasteiger partial charge in [0.15, 0.2) is 0 Å². The van der Waals surface area contributed by atoms with E-state index in [1.807, 2.05) is 6.92 Å². The molecule has 142 valence electrons. The van der Waals surface area contributed by atoms with Crippen LogP contribution in [0, 0.1) is 22.7 Å². The number of aliphatic hydroxyl groups is 2. The van der Waals surface area contributed by atoms with E-state index in [0.29, 0.717) is 43.4 Å². The van der Waals surface area contributed by atoms with E-state index in [9.17, 15) is 19.8 Å². The van der Waals surface area contributed by atoms with Crippen LogP contribution in [0.2, 0.25) is 0 Å². The van der Waals surface area contributed by atoms with Gasteiger partial charge in [-0.15, -0.1) is 0 Å². The lowest BCUT2D eigenvalue weighted by atomic mass is 9.45. The Hall–Kier alpha value is -1.66. The Morgan fingerprint density at radius 3 is 2.62 bits per heavy atom. The van der Waals surface area contributed by atoms with Gasteiger partial charge < -0.3 is 19.7 Å². The Bertz CT molecular complexity index is 709. The van der Waals surface area contributed by atoms with E-state index in [0.717, 1.165) is 0 Å². The highest BCUT2D eigenvalue weighted by atomic mass is 16.5. The van der Waals surface area contributed by atoms with Crippen LogP contribution in [0.3, 0.4) is 0 Å². The predicted octanol–water partition coefficient (Wildman–Crippen LogP) is 1.51. The van der Waals surface area contributed by atoms with Gasteiger partial charge in [0.25, 0.3) is 0 Å². The lowest BCUT2D eigenvalue weighted by Gasteiger charge is -2.59. The van der Waals surface area contributed by atoms with Crippen molar-refractivity contribution < 1.29 is 29.3 Å². The molecular formula is C20H26O6. The van der Waals surface area contributed by atoms with E-state index >= 15 is 0 Å². The fraction of sp³-hybridized carbons (Fsp3) is 0.700. The molecule has 2 heterocycles. The third-order valence-electron chi connectivity index (χ3n) is 7.40. The molecule has 2 aliphatic heterocycles. The molecule has 26 heavy (non-hydrogen) atoms. The zero-order valence-corrected chi connectivity index (χ0v) is 15.2. The normalized spacial score (nSPS) is 44.6. The summed E-state index contributed by atoms with van der Waals surface area (Å²) >= 11 is 0. The third-order valence-corrected chi connectivity index (χ3v) is 7.40. The quantitative estimate of drug-likeness (QED) is 0.739. The van der Waals surface area contributed by atoms with E-state index < -0.39 is 23.0 Å². The number of aliphatic hydroxyl groups excluding tert-OH is 2.